The molecule has 0 saturated carbocycles. The van der Waals surface area contributed by atoms with E-state index in [0.717, 1.165) is 15.6 Å². The van der Waals surface area contributed by atoms with Crippen molar-refractivity contribution in [1.29, 1.82) is 0 Å². The van der Waals surface area contributed by atoms with Crippen LogP contribution in [0.5, 0.6) is 0 Å². The maximum atomic E-state index is 12.1. The van der Waals surface area contributed by atoms with Crippen LogP contribution in [-0.4, -0.2) is 25.7 Å². The quantitative estimate of drug-likeness (QED) is 0.747. The number of pyridine rings is 1. The predicted octanol–water partition coefficient (Wildman–Crippen LogP) is 2.41. The molecule has 0 radical (unpaired) electrons. The first-order chi connectivity index (χ1) is 11.2. The van der Waals surface area contributed by atoms with Crippen LogP contribution in [0.15, 0.2) is 59.9 Å². The lowest BCUT2D eigenvalue weighted by atomic mass is 10.1. The molecule has 0 bridgehead atoms. The summed E-state index contributed by atoms with van der Waals surface area (Å²) in [6.45, 7) is 1.14. The van der Waals surface area contributed by atoms with Crippen LogP contribution >= 0.6 is 15.9 Å². The summed E-state index contributed by atoms with van der Waals surface area (Å²) in [6.07, 6.45) is 6.38. The number of nitrogens with zero attached hydrogens (tertiary/aromatic N) is 4. The van der Waals surface area contributed by atoms with E-state index in [1.54, 1.807) is 29.5 Å². The van der Waals surface area contributed by atoms with Crippen molar-refractivity contribution in [1.82, 2.24) is 25.1 Å². The van der Waals surface area contributed by atoms with Crippen molar-refractivity contribution in [3.05, 3.63) is 76.5 Å². The Bertz CT molecular complexity index is 786. The molecule has 6 nitrogen and oxygen atoms in total. The molecule has 1 aromatic carbocycles. The molecule has 7 heteroatoms. The molecule has 0 unspecified atom stereocenters. The van der Waals surface area contributed by atoms with E-state index in [-0.39, 0.29) is 5.91 Å². The molecular formula is C16H14BrN5O. The number of benzene rings is 1. The lowest BCUT2D eigenvalue weighted by molar-refractivity contribution is 0.0950. The first kappa shape index (κ1) is 15.4. The molecule has 0 fully saturated rings. The smallest absolute Gasteiger partial charge is 0.253 e. The summed E-state index contributed by atoms with van der Waals surface area (Å²) in [7, 11) is 0. The molecule has 1 N–H and O–H groups in total. The number of carbonyl (C=O) groups excluding carboxylic acids is 1. The summed E-state index contributed by atoms with van der Waals surface area (Å²) in [6, 6.07) is 9.76. The van der Waals surface area contributed by atoms with Gasteiger partial charge in [0.2, 0.25) is 0 Å². The molecule has 0 aliphatic carbocycles. The third-order valence-electron chi connectivity index (χ3n) is 3.25. The molecular weight excluding hydrogens is 358 g/mol. The van der Waals surface area contributed by atoms with Gasteiger partial charge in [-0.2, -0.15) is 5.10 Å². The number of carbonyl (C=O) groups is 1. The first-order valence-corrected chi connectivity index (χ1v) is 7.79. The summed E-state index contributed by atoms with van der Waals surface area (Å²) < 4.78 is 2.54. The zero-order valence-corrected chi connectivity index (χ0v) is 13.8. The average Bonchev–Trinajstić information content (AvgIpc) is 3.07. The second kappa shape index (κ2) is 7.15. The zero-order valence-electron chi connectivity index (χ0n) is 12.2. The second-order valence-electron chi connectivity index (χ2n) is 4.98. The Labute approximate surface area is 141 Å². The van der Waals surface area contributed by atoms with Gasteiger partial charge in [-0.3, -0.25) is 9.78 Å². The van der Waals surface area contributed by atoms with E-state index in [9.17, 15) is 4.79 Å². The Morgan fingerprint density at radius 2 is 1.91 bits per heavy atom. The van der Waals surface area contributed by atoms with Crippen molar-refractivity contribution < 1.29 is 4.79 Å². The Balaban J connectivity index is 1.57. The molecule has 3 rings (SSSR count). The Hall–Kier alpha value is -2.54. The zero-order chi connectivity index (χ0) is 16.1. The largest absolute Gasteiger partial charge is 0.348 e. The van der Waals surface area contributed by atoms with Gasteiger partial charge >= 0.3 is 0 Å². The molecule has 0 spiro atoms. The highest BCUT2D eigenvalue weighted by Gasteiger charge is 2.06. The van der Waals surface area contributed by atoms with Gasteiger partial charge in [-0.15, -0.1) is 0 Å². The molecule has 3 aromatic rings. The maximum absolute atomic E-state index is 12.1. The highest BCUT2D eigenvalue weighted by molar-refractivity contribution is 9.10. The highest BCUT2D eigenvalue weighted by Crippen LogP contribution is 2.10. The number of hydrogen-bond donors (Lipinski definition) is 1. The fourth-order valence-electron chi connectivity index (χ4n) is 2.08. The van der Waals surface area contributed by atoms with E-state index >= 15 is 0 Å². The van der Waals surface area contributed by atoms with Crippen molar-refractivity contribution >= 4 is 21.8 Å². The number of aromatic nitrogens is 4. The van der Waals surface area contributed by atoms with Crippen LogP contribution in [0.2, 0.25) is 0 Å². The number of hydrogen-bond acceptors (Lipinski definition) is 4. The van der Waals surface area contributed by atoms with Crippen molar-refractivity contribution in [3.8, 4) is 0 Å². The molecule has 23 heavy (non-hydrogen) atoms. The molecule has 2 heterocycles. The monoisotopic (exact) mass is 371 g/mol. The van der Waals surface area contributed by atoms with Crippen LogP contribution in [-0.2, 0) is 13.1 Å². The molecule has 0 aliphatic rings. The van der Waals surface area contributed by atoms with Gasteiger partial charge in [-0.1, -0.05) is 24.3 Å². The third kappa shape index (κ3) is 4.23. The molecule has 0 saturated heterocycles. The van der Waals surface area contributed by atoms with Gasteiger partial charge in [-0.05, 0) is 33.1 Å². The van der Waals surface area contributed by atoms with E-state index in [0.29, 0.717) is 18.7 Å². The van der Waals surface area contributed by atoms with Crippen LogP contribution in [0.3, 0.4) is 0 Å². The van der Waals surface area contributed by atoms with Crippen molar-refractivity contribution in [2.45, 2.75) is 13.1 Å². The fraction of sp³-hybridized carbons (Fsp3) is 0.125. The summed E-state index contributed by atoms with van der Waals surface area (Å²) in [4.78, 5) is 20.0. The van der Waals surface area contributed by atoms with Gasteiger partial charge in [0.15, 0.2) is 0 Å². The van der Waals surface area contributed by atoms with Crippen LogP contribution in [0, 0.1) is 0 Å². The first-order valence-electron chi connectivity index (χ1n) is 7.00. The lowest BCUT2D eigenvalue weighted by Gasteiger charge is -2.07. The maximum Gasteiger partial charge on any atom is 0.253 e. The van der Waals surface area contributed by atoms with E-state index in [1.807, 2.05) is 24.3 Å². The van der Waals surface area contributed by atoms with Gasteiger partial charge in [0.1, 0.15) is 12.7 Å². The third-order valence-corrected chi connectivity index (χ3v) is 3.69. The average molecular weight is 372 g/mol. The predicted molar refractivity (Wildman–Crippen MR) is 88.7 cm³/mol. The van der Waals surface area contributed by atoms with Crippen molar-refractivity contribution in [3.63, 3.8) is 0 Å². The van der Waals surface area contributed by atoms with Crippen LogP contribution in [0.1, 0.15) is 21.5 Å². The van der Waals surface area contributed by atoms with Crippen molar-refractivity contribution in [2.75, 3.05) is 0 Å². The fourth-order valence-corrected chi connectivity index (χ4v) is 2.45. The Kier molecular flexibility index (Phi) is 4.77. The highest BCUT2D eigenvalue weighted by atomic mass is 79.9. The molecule has 1 amide bonds. The molecule has 116 valence electrons. The molecule has 0 atom stereocenters. The minimum atomic E-state index is -0.148. The van der Waals surface area contributed by atoms with E-state index < -0.39 is 0 Å². The number of amides is 1. The summed E-state index contributed by atoms with van der Waals surface area (Å²) in [5.74, 6) is -0.148. The van der Waals surface area contributed by atoms with Gasteiger partial charge in [0.25, 0.3) is 5.91 Å². The van der Waals surface area contributed by atoms with Crippen LogP contribution < -0.4 is 5.32 Å². The Morgan fingerprint density at radius 1 is 1.13 bits per heavy atom. The van der Waals surface area contributed by atoms with E-state index in [4.69, 9.17) is 0 Å². The summed E-state index contributed by atoms with van der Waals surface area (Å²) >= 11 is 3.30. The summed E-state index contributed by atoms with van der Waals surface area (Å²) in [5, 5.41) is 6.95. The van der Waals surface area contributed by atoms with Crippen molar-refractivity contribution in [2.24, 2.45) is 0 Å². The lowest BCUT2D eigenvalue weighted by Crippen LogP contribution is -2.22. The molecule has 2 aromatic heterocycles. The normalized spacial score (nSPS) is 10.5. The summed E-state index contributed by atoms with van der Waals surface area (Å²) in [5.41, 5.74) is 2.69. The number of halogens is 1. The van der Waals surface area contributed by atoms with Gasteiger partial charge in [0, 0.05) is 23.4 Å². The minimum absolute atomic E-state index is 0.148. The van der Waals surface area contributed by atoms with Gasteiger partial charge < -0.3 is 5.32 Å². The van der Waals surface area contributed by atoms with Crippen LogP contribution in [0.25, 0.3) is 0 Å². The number of rotatable bonds is 5. The SMILES string of the molecule is O=C(NCc1ccc(Cn2cncn2)cc1)c1cncc(Br)c1. The van der Waals surface area contributed by atoms with Gasteiger partial charge in [-0.25, -0.2) is 9.67 Å². The Morgan fingerprint density at radius 3 is 2.61 bits per heavy atom. The standard InChI is InChI=1S/C16H14BrN5O/c17-15-5-14(7-18-8-15)16(23)20-6-12-1-3-13(4-2-12)9-22-11-19-10-21-22/h1-5,7-8,10-11H,6,9H2,(H,20,23). The van der Waals surface area contributed by atoms with E-state index in [2.05, 4.69) is 36.3 Å². The topological polar surface area (TPSA) is 72.7 Å². The molecule has 0 aliphatic heterocycles. The second-order valence-corrected chi connectivity index (χ2v) is 5.90. The van der Waals surface area contributed by atoms with Crippen LogP contribution in [0.4, 0.5) is 0 Å². The number of nitrogens with one attached hydrogen (secondary N) is 1. The minimum Gasteiger partial charge on any atom is -0.348 e. The van der Waals surface area contributed by atoms with E-state index in [1.165, 1.54) is 6.33 Å². The van der Waals surface area contributed by atoms with Gasteiger partial charge in [0.05, 0.1) is 12.1 Å².